The van der Waals surface area contributed by atoms with Crippen molar-refractivity contribution in [3.8, 4) is 6.07 Å². The molecule has 2 aromatic heterocycles. The number of alkyl halides is 2. The third-order valence-corrected chi connectivity index (χ3v) is 7.32. The van der Waals surface area contributed by atoms with E-state index in [0.717, 1.165) is 17.1 Å². The first-order valence-electron chi connectivity index (χ1n) is 12.3. The standard InChI is InChI=1S/C26H23F3N8O/c27-21-16(2-1-3-19(21)22(28)29)13-31-23-20-12-17(4-5-18(20)24-32-15-33-37(24)34-23)35-8-10-36(11-9-35)25(38)26(14-30)6-7-26/h1-5,12,15,22H,6-11,13H2,(H,31,34). The number of carbonyl (C=O) groups is 1. The number of hydrogen-bond acceptors (Lipinski definition) is 7. The van der Waals surface area contributed by atoms with Gasteiger partial charge in [-0.2, -0.15) is 5.26 Å². The number of amides is 1. The van der Waals surface area contributed by atoms with Crippen LogP contribution in [0.2, 0.25) is 0 Å². The Hall–Kier alpha value is -4.40. The van der Waals surface area contributed by atoms with E-state index >= 15 is 0 Å². The Balaban J connectivity index is 1.27. The molecule has 0 spiro atoms. The van der Waals surface area contributed by atoms with Crippen molar-refractivity contribution in [2.24, 2.45) is 5.41 Å². The molecule has 1 amide bonds. The molecule has 6 rings (SSSR count). The molecule has 194 valence electrons. The molecule has 4 aromatic rings. The summed E-state index contributed by atoms with van der Waals surface area (Å²) in [5, 5.41) is 22.5. The van der Waals surface area contributed by atoms with Gasteiger partial charge in [-0.1, -0.05) is 18.2 Å². The van der Waals surface area contributed by atoms with E-state index in [4.69, 9.17) is 0 Å². The number of piperazine rings is 1. The van der Waals surface area contributed by atoms with Gasteiger partial charge in [-0.05, 0) is 31.0 Å². The number of halogens is 3. The maximum atomic E-state index is 14.6. The molecule has 0 atom stereocenters. The van der Waals surface area contributed by atoms with Gasteiger partial charge in [0.2, 0.25) is 5.91 Å². The minimum absolute atomic E-state index is 0.0552. The summed E-state index contributed by atoms with van der Waals surface area (Å²) in [4.78, 5) is 20.9. The summed E-state index contributed by atoms with van der Waals surface area (Å²) in [6.45, 7) is 2.20. The molecule has 38 heavy (non-hydrogen) atoms. The summed E-state index contributed by atoms with van der Waals surface area (Å²) < 4.78 is 42.3. The first-order valence-corrected chi connectivity index (χ1v) is 12.3. The molecule has 9 nitrogen and oxygen atoms in total. The second-order valence-corrected chi connectivity index (χ2v) is 9.60. The molecule has 1 aliphatic heterocycles. The number of carbonyl (C=O) groups excluding carboxylic acids is 1. The zero-order valence-corrected chi connectivity index (χ0v) is 20.2. The van der Waals surface area contributed by atoms with E-state index in [0.29, 0.717) is 55.9 Å². The van der Waals surface area contributed by atoms with Gasteiger partial charge < -0.3 is 15.1 Å². The van der Waals surface area contributed by atoms with Crippen molar-refractivity contribution in [2.45, 2.75) is 25.8 Å². The lowest BCUT2D eigenvalue weighted by molar-refractivity contribution is -0.135. The quantitative estimate of drug-likeness (QED) is 0.411. The summed E-state index contributed by atoms with van der Waals surface area (Å²) in [6, 6.07) is 11.9. The van der Waals surface area contributed by atoms with Crippen LogP contribution < -0.4 is 10.2 Å². The van der Waals surface area contributed by atoms with Gasteiger partial charge in [0.1, 0.15) is 17.6 Å². The predicted molar refractivity (Wildman–Crippen MR) is 133 cm³/mol. The largest absolute Gasteiger partial charge is 0.368 e. The number of fused-ring (bicyclic) bond motifs is 3. The van der Waals surface area contributed by atoms with Crippen molar-refractivity contribution < 1.29 is 18.0 Å². The van der Waals surface area contributed by atoms with Gasteiger partial charge in [0.05, 0.1) is 11.6 Å². The average molecular weight is 521 g/mol. The zero-order chi connectivity index (χ0) is 26.4. The molecular formula is C26H23F3N8O. The van der Waals surface area contributed by atoms with Crippen molar-refractivity contribution in [2.75, 3.05) is 36.4 Å². The van der Waals surface area contributed by atoms with Crippen LogP contribution in [0.4, 0.5) is 24.7 Å². The van der Waals surface area contributed by atoms with Crippen LogP contribution in [0.3, 0.4) is 0 Å². The zero-order valence-electron chi connectivity index (χ0n) is 20.2. The van der Waals surface area contributed by atoms with Gasteiger partial charge in [0, 0.05) is 54.7 Å². The van der Waals surface area contributed by atoms with Gasteiger partial charge in [0.25, 0.3) is 6.43 Å². The molecule has 1 aliphatic carbocycles. The number of aromatic nitrogens is 4. The first-order chi connectivity index (χ1) is 18.4. The number of nitrogens with one attached hydrogen (secondary N) is 1. The molecule has 1 saturated carbocycles. The molecule has 2 fully saturated rings. The normalized spacial score (nSPS) is 16.7. The van der Waals surface area contributed by atoms with E-state index in [1.54, 1.807) is 4.90 Å². The first kappa shape index (κ1) is 24.0. The lowest BCUT2D eigenvalue weighted by Crippen LogP contribution is -2.50. The molecule has 1 saturated heterocycles. The topological polar surface area (TPSA) is 102 Å². The van der Waals surface area contributed by atoms with Crippen LogP contribution in [0.1, 0.15) is 30.4 Å². The van der Waals surface area contributed by atoms with Gasteiger partial charge >= 0.3 is 0 Å². The molecule has 0 unspecified atom stereocenters. The third-order valence-electron chi connectivity index (χ3n) is 7.32. The molecule has 3 heterocycles. The Labute approximate surface area is 215 Å². The summed E-state index contributed by atoms with van der Waals surface area (Å²) >= 11 is 0. The fourth-order valence-electron chi connectivity index (χ4n) is 4.94. The lowest BCUT2D eigenvalue weighted by atomic mass is 10.1. The van der Waals surface area contributed by atoms with Crippen molar-refractivity contribution >= 4 is 33.8 Å². The van der Waals surface area contributed by atoms with Crippen molar-refractivity contribution in [1.29, 1.82) is 5.26 Å². The van der Waals surface area contributed by atoms with Crippen LogP contribution in [0.15, 0.2) is 42.7 Å². The molecular weight excluding hydrogens is 497 g/mol. The van der Waals surface area contributed by atoms with E-state index in [2.05, 4.69) is 31.5 Å². The molecule has 1 N–H and O–H groups in total. The number of hydrogen-bond donors (Lipinski definition) is 1. The molecule has 0 radical (unpaired) electrons. The van der Waals surface area contributed by atoms with Crippen LogP contribution in [0.25, 0.3) is 16.4 Å². The Bertz CT molecular complexity index is 1580. The maximum absolute atomic E-state index is 14.6. The van der Waals surface area contributed by atoms with Crippen molar-refractivity contribution in [3.63, 3.8) is 0 Å². The fourth-order valence-corrected chi connectivity index (χ4v) is 4.94. The smallest absolute Gasteiger partial charge is 0.266 e. The van der Waals surface area contributed by atoms with E-state index in [-0.39, 0.29) is 18.0 Å². The Morgan fingerprint density at radius 1 is 1.13 bits per heavy atom. The van der Waals surface area contributed by atoms with Gasteiger partial charge in [0.15, 0.2) is 11.5 Å². The predicted octanol–water partition coefficient (Wildman–Crippen LogP) is 3.92. The summed E-state index contributed by atoms with van der Waals surface area (Å²) in [5.41, 5.74) is 0.0838. The lowest BCUT2D eigenvalue weighted by Gasteiger charge is -2.37. The number of nitrogens with zero attached hydrogens (tertiary/aromatic N) is 7. The van der Waals surface area contributed by atoms with Gasteiger partial charge in [-0.25, -0.2) is 18.2 Å². The molecule has 2 aliphatic rings. The van der Waals surface area contributed by atoms with Crippen LogP contribution >= 0.6 is 0 Å². The highest BCUT2D eigenvalue weighted by Gasteiger charge is 2.52. The second kappa shape index (κ2) is 9.16. The highest BCUT2D eigenvalue weighted by Crippen LogP contribution is 2.46. The van der Waals surface area contributed by atoms with Crippen LogP contribution in [-0.2, 0) is 11.3 Å². The van der Waals surface area contributed by atoms with Gasteiger partial charge in [-0.3, -0.25) is 4.79 Å². The Kier molecular flexibility index (Phi) is 5.78. The molecule has 12 heteroatoms. The average Bonchev–Trinajstić information content (AvgIpc) is 3.60. The second-order valence-electron chi connectivity index (χ2n) is 9.60. The SMILES string of the molecule is N#CC1(C(=O)N2CCN(c3ccc4c(c3)c(NCc3cccc(C(F)F)c3F)nn3ncnc43)CC2)CC1. The fraction of sp³-hybridized carbons (Fsp3) is 0.346. The number of benzene rings is 2. The minimum atomic E-state index is -2.91. The monoisotopic (exact) mass is 520 g/mol. The Morgan fingerprint density at radius 2 is 1.92 bits per heavy atom. The Morgan fingerprint density at radius 3 is 2.63 bits per heavy atom. The minimum Gasteiger partial charge on any atom is -0.368 e. The van der Waals surface area contributed by atoms with Crippen molar-refractivity contribution in [3.05, 3.63) is 59.7 Å². The molecule has 0 bridgehead atoms. The van der Waals surface area contributed by atoms with E-state index in [1.165, 1.54) is 23.1 Å². The van der Waals surface area contributed by atoms with E-state index < -0.39 is 23.2 Å². The summed E-state index contributed by atoms with van der Waals surface area (Å²) in [6.07, 6.45) is -0.268. The van der Waals surface area contributed by atoms with Crippen LogP contribution in [-0.4, -0.2) is 56.8 Å². The van der Waals surface area contributed by atoms with Crippen LogP contribution in [0, 0.1) is 22.6 Å². The maximum Gasteiger partial charge on any atom is 0.266 e. The number of nitriles is 1. The van der Waals surface area contributed by atoms with Gasteiger partial charge in [-0.15, -0.1) is 14.8 Å². The van der Waals surface area contributed by atoms with E-state index in [1.807, 2.05) is 18.2 Å². The number of rotatable bonds is 6. The highest BCUT2D eigenvalue weighted by atomic mass is 19.3. The van der Waals surface area contributed by atoms with Crippen LogP contribution in [0.5, 0.6) is 0 Å². The van der Waals surface area contributed by atoms with E-state index in [9.17, 15) is 23.2 Å². The summed E-state index contributed by atoms with van der Waals surface area (Å²) in [7, 11) is 0. The highest BCUT2D eigenvalue weighted by molar-refractivity contribution is 6.01. The third kappa shape index (κ3) is 4.04. The summed E-state index contributed by atoms with van der Waals surface area (Å²) in [5.74, 6) is -0.620. The van der Waals surface area contributed by atoms with Crippen molar-refractivity contribution in [1.82, 2.24) is 24.7 Å². The number of anilines is 2. The molecule has 2 aromatic carbocycles.